The molecule has 0 heterocycles. The Hall–Kier alpha value is -1.88. The van der Waals surface area contributed by atoms with E-state index in [9.17, 15) is 9.18 Å². The first-order valence-electron chi connectivity index (χ1n) is 6.65. The fourth-order valence-electron chi connectivity index (χ4n) is 2.03. The van der Waals surface area contributed by atoms with Crippen molar-refractivity contribution in [3.05, 3.63) is 58.3 Å². The van der Waals surface area contributed by atoms with Crippen LogP contribution in [0.2, 0.25) is 0 Å². The standard InChI is InChI=1S/C16H16BrFN2O/c1-2-9-20(13-6-4-12(19)5-7-13)16(21)14-8-3-11(18)10-15(14)17/h3-8,10H,2,9,19H2,1H3. The average Bonchev–Trinajstić information content (AvgIpc) is 2.45. The topological polar surface area (TPSA) is 46.3 Å². The molecule has 5 heteroatoms. The van der Waals surface area contributed by atoms with Crippen LogP contribution < -0.4 is 10.6 Å². The first-order valence-corrected chi connectivity index (χ1v) is 7.44. The van der Waals surface area contributed by atoms with Gasteiger partial charge in [0.05, 0.1) is 5.56 Å². The molecule has 0 atom stereocenters. The average molecular weight is 351 g/mol. The van der Waals surface area contributed by atoms with Crippen LogP contribution >= 0.6 is 15.9 Å². The molecule has 3 nitrogen and oxygen atoms in total. The summed E-state index contributed by atoms with van der Waals surface area (Å²) in [5, 5.41) is 0. The maximum Gasteiger partial charge on any atom is 0.259 e. The second kappa shape index (κ2) is 6.72. The summed E-state index contributed by atoms with van der Waals surface area (Å²) in [7, 11) is 0. The number of benzene rings is 2. The summed E-state index contributed by atoms with van der Waals surface area (Å²) in [6.45, 7) is 2.57. The number of nitrogens with zero attached hydrogens (tertiary/aromatic N) is 1. The number of hydrogen-bond acceptors (Lipinski definition) is 2. The van der Waals surface area contributed by atoms with Crippen molar-refractivity contribution in [2.45, 2.75) is 13.3 Å². The number of amides is 1. The number of nitrogens with two attached hydrogens (primary N) is 1. The molecule has 0 aliphatic heterocycles. The fourth-order valence-corrected chi connectivity index (χ4v) is 2.55. The zero-order chi connectivity index (χ0) is 15.4. The van der Waals surface area contributed by atoms with Gasteiger partial charge < -0.3 is 10.6 Å². The summed E-state index contributed by atoms with van der Waals surface area (Å²) >= 11 is 3.24. The van der Waals surface area contributed by atoms with Crippen LogP contribution in [0.15, 0.2) is 46.9 Å². The van der Waals surface area contributed by atoms with E-state index in [-0.39, 0.29) is 11.7 Å². The van der Waals surface area contributed by atoms with Crippen LogP contribution in [0.25, 0.3) is 0 Å². The molecule has 0 aliphatic carbocycles. The molecule has 0 aromatic heterocycles. The highest BCUT2D eigenvalue weighted by Gasteiger charge is 2.19. The highest BCUT2D eigenvalue weighted by molar-refractivity contribution is 9.10. The van der Waals surface area contributed by atoms with Gasteiger partial charge >= 0.3 is 0 Å². The van der Waals surface area contributed by atoms with Crippen molar-refractivity contribution < 1.29 is 9.18 Å². The molecule has 2 aromatic rings. The molecular formula is C16H16BrFN2O. The summed E-state index contributed by atoms with van der Waals surface area (Å²) in [4.78, 5) is 14.4. The molecule has 0 aliphatic rings. The predicted molar refractivity (Wildman–Crippen MR) is 86.9 cm³/mol. The van der Waals surface area contributed by atoms with Gasteiger partial charge in [-0.1, -0.05) is 6.92 Å². The van der Waals surface area contributed by atoms with E-state index in [1.54, 1.807) is 29.2 Å². The van der Waals surface area contributed by atoms with Crippen LogP contribution in [-0.4, -0.2) is 12.5 Å². The van der Waals surface area contributed by atoms with Gasteiger partial charge in [-0.15, -0.1) is 0 Å². The molecule has 110 valence electrons. The van der Waals surface area contributed by atoms with Gasteiger partial charge in [0.2, 0.25) is 0 Å². The van der Waals surface area contributed by atoms with Crippen molar-refractivity contribution in [2.24, 2.45) is 0 Å². The Morgan fingerprint density at radius 3 is 2.48 bits per heavy atom. The quantitative estimate of drug-likeness (QED) is 0.838. The van der Waals surface area contributed by atoms with Crippen molar-refractivity contribution in [2.75, 3.05) is 17.2 Å². The lowest BCUT2D eigenvalue weighted by Crippen LogP contribution is -2.32. The minimum Gasteiger partial charge on any atom is -0.399 e. The van der Waals surface area contributed by atoms with E-state index in [0.717, 1.165) is 12.1 Å². The summed E-state index contributed by atoms with van der Waals surface area (Å²) in [6, 6.07) is 11.2. The second-order valence-electron chi connectivity index (χ2n) is 4.67. The highest BCUT2D eigenvalue weighted by Crippen LogP contribution is 2.24. The normalized spacial score (nSPS) is 10.4. The second-order valence-corrected chi connectivity index (χ2v) is 5.53. The Balaban J connectivity index is 2.37. The molecule has 2 aromatic carbocycles. The van der Waals surface area contributed by atoms with Gasteiger partial charge in [0, 0.05) is 22.4 Å². The number of anilines is 2. The molecule has 0 fully saturated rings. The van der Waals surface area contributed by atoms with Crippen molar-refractivity contribution in [3.63, 3.8) is 0 Å². The number of carbonyl (C=O) groups is 1. The molecule has 2 N–H and O–H groups in total. The third kappa shape index (κ3) is 3.61. The summed E-state index contributed by atoms with van der Waals surface area (Å²) in [5.74, 6) is -0.554. The number of nitrogen functional groups attached to an aromatic ring is 1. The van der Waals surface area contributed by atoms with Gasteiger partial charge in [-0.2, -0.15) is 0 Å². The van der Waals surface area contributed by atoms with Gasteiger partial charge in [0.1, 0.15) is 5.82 Å². The molecule has 0 saturated heterocycles. The van der Waals surface area contributed by atoms with Crippen LogP contribution in [0.1, 0.15) is 23.7 Å². The summed E-state index contributed by atoms with van der Waals surface area (Å²) in [6.07, 6.45) is 0.814. The number of carbonyl (C=O) groups excluding carboxylic acids is 1. The molecule has 0 radical (unpaired) electrons. The molecule has 0 saturated carbocycles. The Morgan fingerprint density at radius 1 is 1.24 bits per heavy atom. The first-order chi connectivity index (χ1) is 10.0. The van der Waals surface area contributed by atoms with E-state index in [2.05, 4.69) is 15.9 Å². The lowest BCUT2D eigenvalue weighted by molar-refractivity contribution is 0.0986. The van der Waals surface area contributed by atoms with Crippen molar-refractivity contribution in [3.8, 4) is 0 Å². The lowest BCUT2D eigenvalue weighted by atomic mass is 10.1. The van der Waals surface area contributed by atoms with E-state index < -0.39 is 0 Å². The van der Waals surface area contributed by atoms with Crippen LogP contribution in [0.5, 0.6) is 0 Å². The van der Waals surface area contributed by atoms with Gasteiger partial charge in [-0.25, -0.2) is 4.39 Å². The van der Waals surface area contributed by atoms with Gasteiger partial charge in [0.25, 0.3) is 5.91 Å². The number of halogens is 2. The number of hydrogen-bond donors (Lipinski definition) is 1. The predicted octanol–water partition coefficient (Wildman–Crippen LogP) is 4.23. The van der Waals surface area contributed by atoms with E-state index >= 15 is 0 Å². The molecule has 0 bridgehead atoms. The van der Waals surface area contributed by atoms with Crippen molar-refractivity contribution >= 4 is 33.2 Å². The summed E-state index contributed by atoms with van der Waals surface area (Å²) < 4.78 is 13.6. The van der Waals surface area contributed by atoms with E-state index in [4.69, 9.17) is 5.73 Å². The molecule has 0 unspecified atom stereocenters. The molecular weight excluding hydrogens is 335 g/mol. The van der Waals surface area contributed by atoms with Crippen LogP contribution in [-0.2, 0) is 0 Å². The van der Waals surface area contributed by atoms with E-state index in [0.29, 0.717) is 22.3 Å². The van der Waals surface area contributed by atoms with E-state index in [1.807, 2.05) is 6.92 Å². The molecule has 0 spiro atoms. The molecule has 21 heavy (non-hydrogen) atoms. The zero-order valence-electron chi connectivity index (χ0n) is 11.6. The lowest BCUT2D eigenvalue weighted by Gasteiger charge is -2.23. The largest absolute Gasteiger partial charge is 0.399 e. The Labute approximate surface area is 131 Å². The van der Waals surface area contributed by atoms with E-state index in [1.165, 1.54) is 18.2 Å². The Bertz CT molecular complexity index is 643. The maximum absolute atomic E-state index is 13.2. The van der Waals surface area contributed by atoms with Crippen LogP contribution in [0.3, 0.4) is 0 Å². The Kier molecular flexibility index (Phi) is 4.96. The maximum atomic E-state index is 13.2. The van der Waals surface area contributed by atoms with Crippen LogP contribution in [0.4, 0.5) is 15.8 Å². The fraction of sp³-hybridized carbons (Fsp3) is 0.188. The third-order valence-corrected chi connectivity index (χ3v) is 3.71. The van der Waals surface area contributed by atoms with Crippen molar-refractivity contribution in [1.29, 1.82) is 0 Å². The van der Waals surface area contributed by atoms with Crippen molar-refractivity contribution in [1.82, 2.24) is 0 Å². The third-order valence-electron chi connectivity index (χ3n) is 3.06. The molecule has 1 amide bonds. The van der Waals surface area contributed by atoms with Crippen LogP contribution in [0, 0.1) is 5.82 Å². The highest BCUT2D eigenvalue weighted by atomic mass is 79.9. The van der Waals surface area contributed by atoms with Gasteiger partial charge in [-0.05, 0) is 64.8 Å². The summed E-state index contributed by atoms with van der Waals surface area (Å²) in [5.41, 5.74) is 7.52. The molecule has 2 rings (SSSR count). The number of rotatable bonds is 4. The van der Waals surface area contributed by atoms with Gasteiger partial charge in [-0.3, -0.25) is 4.79 Å². The minimum absolute atomic E-state index is 0.173. The van der Waals surface area contributed by atoms with Gasteiger partial charge in [0.15, 0.2) is 0 Å². The Morgan fingerprint density at radius 2 is 1.90 bits per heavy atom. The SMILES string of the molecule is CCCN(C(=O)c1ccc(F)cc1Br)c1ccc(N)cc1. The minimum atomic E-state index is -0.382. The monoisotopic (exact) mass is 350 g/mol. The first kappa shape index (κ1) is 15.5. The zero-order valence-corrected chi connectivity index (χ0v) is 13.2. The smallest absolute Gasteiger partial charge is 0.259 e.